The molecule has 6 aliphatic carbocycles. The Kier molecular flexibility index (Phi) is 9.34. The molecule has 0 aromatic rings. The summed E-state index contributed by atoms with van der Waals surface area (Å²) in [6.07, 6.45) is 14.2. The standard InChI is InChI=1S/C40H65NO5/c1-8-24(2)36(45)46-28-14-16-38(6)27(21-28)22-32(42)35-30-11-10-29(39(30,7)17-15-31(35)38)25(3)9-12-34(44)41-20-19-40-18-13-26(23-33(40)43)37(40,4)5/h24-32,35,42H,8-23H2,1-7H3,(H,41,44)/t24?,25?,26?,27?,28-,29?,30?,31?,32+,35?,38-,39+,40?/m0/s1. The van der Waals surface area contributed by atoms with Gasteiger partial charge in [0.2, 0.25) is 5.91 Å². The van der Waals surface area contributed by atoms with Crippen LogP contribution < -0.4 is 5.32 Å². The first kappa shape index (κ1) is 34.4. The van der Waals surface area contributed by atoms with Gasteiger partial charge in [0.25, 0.3) is 0 Å². The van der Waals surface area contributed by atoms with Gasteiger partial charge in [0.05, 0.1) is 12.0 Å². The van der Waals surface area contributed by atoms with Gasteiger partial charge in [-0.1, -0.05) is 48.5 Å². The van der Waals surface area contributed by atoms with Crippen LogP contribution >= 0.6 is 0 Å². The number of carbonyl (C=O) groups is 3. The highest BCUT2D eigenvalue weighted by Crippen LogP contribution is 2.69. The van der Waals surface area contributed by atoms with E-state index >= 15 is 0 Å². The third kappa shape index (κ3) is 5.41. The van der Waals surface area contributed by atoms with Crippen molar-refractivity contribution in [3.05, 3.63) is 0 Å². The number of aliphatic hydroxyl groups excluding tert-OH is 1. The molecule has 0 aromatic carbocycles. The van der Waals surface area contributed by atoms with Gasteiger partial charge in [0, 0.05) is 24.8 Å². The molecule has 0 aromatic heterocycles. The van der Waals surface area contributed by atoms with Crippen LogP contribution in [-0.2, 0) is 19.1 Å². The number of esters is 1. The molecule has 2 N–H and O–H groups in total. The summed E-state index contributed by atoms with van der Waals surface area (Å²) in [6, 6.07) is 0. The molecular weight excluding hydrogens is 574 g/mol. The maximum absolute atomic E-state index is 13.0. The van der Waals surface area contributed by atoms with E-state index in [1.807, 2.05) is 13.8 Å². The van der Waals surface area contributed by atoms with Crippen molar-refractivity contribution < 1.29 is 24.2 Å². The molecule has 6 saturated carbocycles. The molecule has 0 saturated heterocycles. The van der Waals surface area contributed by atoms with Crippen LogP contribution in [0.5, 0.6) is 0 Å². The van der Waals surface area contributed by atoms with Crippen LogP contribution in [0.1, 0.15) is 145 Å². The van der Waals surface area contributed by atoms with Gasteiger partial charge in [-0.2, -0.15) is 0 Å². The highest BCUT2D eigenvalue weighted by molar-refractivity contribution is 5.89. The van der Waals surface area contributed by atoms with E-state index in [0.29, 0.717) is 60.2 Å². The van der Waals surface area contributed by atoms with E-state index in [2.05, 4.69) is 39.9 Å². The molecule has 6 heteroatoms. The van der Waals surface area contributed by atoms with Gasteiger partial charge >= 0.3 is 5.97 Å². The lowest BCUT2D eigenvalue weighted by Crippen LogP contribution is -2.58. The Morgan fingerprint density at radius 3 is 2.33 bits per heavy atom. The average molecular weight is 640 g/mol. The molecule has 6 rings (SSSR count). The van der Waals surface area contributed by atoms with Crippen LogP contribution in [0.2, 0.25) is 0 Å². The van der Waals surface area contributed by atoms with Crippen molar-refractivity contribution in [3.63, 3.8) is 0 Å². The number of ketones is 1. The minimum atomic E-state index is -0.275. The van der Waals surface area contributed by atoms with Crippen molar-refractivity contribution in [2.45, 2.75) is 157 Å². The smallest absolute Gasteiger partial charge is 0.308 e. The van der Waals surface area contributed by atoms with Crippen molar-refractivity contribution >= 4 is 17.7 Å². The summed E-state index contributed by atoms with van der Waals surface area (Å²) in [5.41, 5.74) is 0.258. The zero-order valence-electron chi connectivity index (χ0n) is 30.2. The third-order valence-electron chi connectivity index (χ3n) is 16.5. The maximum Gasteiger partial charge on any atom is 0.308 e. The topological polar surface area (TPSA) is 92.7 Å². The zero-order chi connectivity index (χ0) is 33.2. The fraction of sp³-hybridized carbons (Fsp3) is 0.925. The number of rotatable bonds is 10. The summed E-state index contributed by atoms with van der Waals surface area (Å²) in [4.78, 5) is 38.5. The van der Waals surface area contributed by atoms with Gasteiger partial charge in [-0.3, -0.25) is 14.4 Å². The van der Waals surface area contributed by atoms with Crippen molar-refractivity contribution in [3.8, 4) is 0 Å². The Balaban J connectivity index is 1.02. The van der Waals surface area contributed by atoms with Gasteiger partial charge in [-0.05, 0) is 141 Å². The molecule has 6 fully saturated rings. The summed E-state index contributed by atoms with van der Waals surface area (Å²) in [6.45, 7) is 16.5. The zero-order valence-corrected chi connectivity index (χ0v) is 30.2. The normalized spacial score (nSPS) is 45.3. The minimum absolute atomic E-state index is 0.00195. The molecule has 0 radical (unpaired) electrons. The Labute approximate surface area is 279 Å². The molecular formula is C40H65NO5. The summed E-state index contributed by atoms with van der Waals surface area (Å²) in [5.74, 6) is 3.90. The first-order chi connectivity index (χ1) is 21.7. The fourth-order valence-electron chi connectivity index (χ4n) is 13.1. The number of hydrogen-bond donors (Lipinski definition) is 2. The van der Waals surface area contributed by atoms with E-state index < -0.39 is 0 Å². The number of Topliss-reactive ketones (excluding diaryl/α,β-unsaturated/α-hetero) is 1. The van der Waals surface area contributed by atoms with Gasteiger partial charge in [-0.25, -0.2) is 0 Å². The van der Waals surface area contributed by atoms with Crippen LogP contribution in [0.15, 0.2) is 0 Å². The lowest BCUT2D eigenvalue weighted by molar-refractivity contribution is -0.184. The quantitative estimate of drug-likeness (QED) is 0.237. The molecule has 6 aliphatic rings. The van der Waals surface area contributed by atoms with E-state index in [4.69, 9.17) is 4.74 Å². The average Bonchev–Trinajstić information content (AvgIpc) is 3.55. The second kappa shape index (κ2) is 12.5. The monoisotopic (exact) mass is 639 g/mol. The van der Waals surface area contributed by atoms with Crippen LogP contribution in [0.25, 0.3) is 0 Å². The molecule has 9 unspecified atom stereocenters. The lowest BCUT2D eigenvalue weighted by Gasteiger charge is -2.62. The Bertz CT molecular complexity index is 1180. The highest BCUT2D eigenvalue weighted by atomic mass is 16.5. The number of ether oxygens (including phenoxy) is 1. The van der Waals surface area contributed by atoms with E-state index in [1.54, 1.807) is 0 Å². The van der Waals surface area contributed by atoms with E-state index in [9.17, 15) is 19.5 Å². The number of fused-ring (bicyclic) bond motifs is 7. The predicted molar refractivity (Wildman–Crippen MR) is 181 cm³/mol. The van der Waals surface area contributed by atoms with Gasteiger partial charge in [-0.15, -0.1) is 0 Å². The highest BCUT2D eigenvalue weighted by Gasteiger charge is 2.64. The van der Waals surface area contributed by atoms with E-state index in [-0.39, 0.29) is 51.7 Å². The molecule has 0 aliphatic heterocycles. The van der Waals surface area contributed by atoms with Crippen LogP contribution in [0.4, 0.5) is 0 Å². The Hall–Kier alpha value is -1.43. The molecule has 260 valence electrons. The predicted octanol–water partition coefficient (Wildman–Crippen LogP) is 7.89. The molecule has 0 spiro atoms. The first-order valence-electron chi connectivity index (χ1n) is 19.4. The van der Waals surface area contributed by atoms with Crippen LogP contribution in [-0.4, -0.2) is 41.5 Å². The Morgan fingerprint density at radius 1 is 0.935 bits per heavy atom. The van der Waals surface area contributed by atoms with Gasteiger partial charge in [0.1, 0.15) is 11.9 Å². The first-order valence-corrected chi connectivity index (χ1v) is 19.4. The number of amides is 1. The summed E-state index contributed by atoms with van der Waals surface area (Å²) >= 11 is 0. The third-order valence-corrected chi connectivity index (χ3v) is 16.5. The second-order valence-electron chi connectivity index (χ2n) is 18.4. The van der Waals surface area contributed by atoms with Crippen molar-refractivity contribution in [2.75, 3.05) is 6.54 Å². The summed E-state index contributed by atoms with van der Waals surface area (Å²) in [5, 5.41) is 15.0. The largest absolute Gasteiger partial charge is 0.462 e. The molecule has 1 amide bonds. The molecule has 6 nitrogen and oxygen atoms in total. The number of carbonyl (C=O) groups excluding carboxylic acids is 3. The summed E-state index contributed by atoms with van der Waals surface area (Å²) in [7, 11) is 0. The second-order valence-corrected chi connectivity index (χ2v) is 18.4. The van der Waals surface area contributed by atoms with Crippen LogP contribution in [0.3, 0.4) is 0 Å². The number of aliphatic hydroxyl groups is 1. The van der Waals surface area contributed by atoms with E-state index in [1.165, 1.54) is 25.7 Å². The maximum atomic E-state index is 13.0. The van der Waals surface area contributed by atoms with E-state index in [0.717, 1.165) is 64.2 Å². The minimum Gasteiger partial charge on any atom is -0.462 e. The Morgan fingerprint density at radius 2 is 1.65 bits per heavy atom. The SMILES string of the molecule is CCC(C)C(=O)O[C@H]1CC[C@@]2(C)C(C1)C[C@@H](O)C1C3CCC(C(C)CCC(=O)NCCC45CCC(CC4=O)C5(C)C)[C@@]3(C)CCC12. The van der Waals surface area contributed by atoms with Crippen molar-refractivity contribution in [1.29, 1.82) is 0 Å². The van der Waals surface area contributed by atoms with Crippen LogP contribution in [0, 0.1) is 69.0 Å². The lowest BCUT2D eigenvalue weighted by atomic mass is 9.43. The van der Waals surface area contributed by atoms with Crippen molar-refractivity contribution in [1.82, 2.24) is 5.32 Å². The number of nitrogens with one attached hydrogen (secondary N) is 1. The molecule has 46 heavy (non-hydrogen) atoms. The fourth-order valence-corrected chi connectivity index (χ4v) is 13.1. The van der Waals surface area contributed by atoms with Gasteiger partial charge in [0.15, 0.2) is 0 Å². The summed E-state index contributed by atoms with van der Waals surface area (Å²) < 4.78 is 5.98. The molecule has 2 bridgehead atoms. The van der Waals surface area contributed by atoms with Gasteiger partial charge < -0.3 is 15.2 Å². The van der Waals surface area contributed by atoms with Crippen molar-refractivity contribution in [2.24, 2.45) is 69.0 Å². The number of hydrogen-bond acceptors (Lipinski definition) is 5. The molecule has 0 heterocycles. The molecule has 13 atom stereocenters.